The van der Waals surface area contributed by atoms with Crippen molar-refractivity contribution in [2.45, 2.75) is 30.7 Å². The molecule has 2 rings (SSSR count). The molecule has 7 heteroatoms. The molecule has 1 aromatic carbocycles. The second-order valence-corrected chi connectivity index (χ2v) is 7.11. The van der Waals surface area contributed by atoms with Gasteiger partial charge >= 0.3 is 0 Å². The monoisotopic (exact) mass is 311 g/mol. The molecule has 0 aromatic heterocycles. The summed E-state index contributed by atoms with van der Waals surface area (Å²) >= 11 is 0. The molecule has 0 saturated carbocycles. The number of carbonyl (C=O) groups is 1. The van der Waals surface area contributed by atoms with E-state index in [1.165, 1.54) is 23.4 Å². The highest BCUT2D eigenvalue weighted by Crippen LogP contribution is 2.22. The van der Waals surface area contributed by atoms with Crippen LogP contribution < -0.4 is 10.6 Å². The first kappa shape index (κ1) is 15.9. The topological polar surface area (TPSA) is 78.5 Å². The van der Waals surface area contributed by atoms with Crippen LogP contribution in [0.3, 0.4) is 0 Å². The molecule has 0 bridgehead atoms. The van der Waals surface area contributed by atoms with Crippen LogP contribution in [-0.2, 0) is 14.8 Å². The van der Waals surface area contributed by atoms with Crippen LogP contribution in [-0.4, -0.2) is 44.8 Å². The Morgan fingerprint density at radius 3 is 2.24 bits per heavy atom. The summed E-state index contributed by atoms with van der Waals surface area (Å²) in [6.45, 7) is 2.47. The molecule has 21 heavy (non-hydrogen) atoms. The Balaban J connectivity index is 2.11. The van der Waals surface area contributed by atoms with Crippen molar-refractivity contribution < 1.29 is 13.2 Å². The predicted octanol–water partition coefficient (Wildman–Crippen LogP) is 1.02. The van der Waals surface area contributed by atoms with Crippen LogP contribution in [0, 0.1) is 0 Å². The van der Waals surface area contributed by atoms with Crippen LogP contribution in [0.5, 0.6) is 0 Å². The van der Waals surface area contributed by atoms with Crippen molar-refractivity contribution >= 4 is 21.6 Å². The van der Waals surface area contributed by atoms with E-state index >= 15 is 0 Å². The maximum Gasteiger partial charge on any atom is 0.243 e. The zero-order chi connectivity index (χ0) is 15.5. The van der Waals surface area contributed by atoms with Gasteiger partial charge in [0.1, 0.15) is 0 Å². The van der Waals surface area contributed by atoms with Crippen LogP contribution in [0.4, 0.5) is 5.69 Å². The third-order valence-electron chi connectivity index (χ3n) is 3.67. The lowest BCUT2D eigenvalue weighted by Gasteiger charge is -2.31. The van der Waals surface area contributed by atoms with Gasteiger partial charge in [-0.05, 0) is 44.2 Å². The second kappa shape index (κ2) is 6.55. The highest BCUT2D eigenvalue weighted by molar-refractivity contribution is 7.89. The third kappa shape index (κ3) is 3.81. The van der Waals surface area contributed by atoms with E-state index in [9.17, 15) is 13.2 Å². The molecule has 1 aliphatic rings. The molecular formula is C14H21N3O3S. The number of amides is 1. The van der Waals surface area contributed by atoms with Gasteiger partial charge in [-0.2, -0.15) is 4.31 Å². The van der Waals surface area contributed by atoms with E-state index in [1.54, 1.807) is 12.1 Å². The zero-order valence-corrected chi connectivity index (χ0v) is 13.1. The molecule has 1 amide bonds. The standard InChI is InChI=1S/C14H21N3O3S/c1-11(18)16-13-3-5-14(6-4-13)21(19,20)17-9-7-12(15-2)8-10-17/h3-6,12,15H,7-10H2,1-2H3,(H,16,18). The Kier molecular flexibility index (Phi) is 4.97. The van der Waals surface area contributed by atoms with Crippen LogP contribution in [0.2, 0.25) is 0 Å². The molecule has 1 saturated heterocycles. The molecule has 116 valence electrons. The number of hydrogen-bond donors (Lipinski definition) is 2. The lowest BCUT2D eigenvalue weighted by Crippen LogP contribution is -2.43. The summed E-state index contributed by atoms with van der Waals surface area (Å²) in [5.74, 6) is -0.181. The lowest BCUT2D eigenvalue weighted by atomic mass is 10.1. The van der Waals surface area contributed by atoms with Gasteiger partial charge in [0.2, 0.25) is 15.9 Å². The molecule has 2 N–H and O–H groups in total. The van der Waals surface area contributed by atoms with Gasteiger partial charge in [0.15, 0.2) is 0 Å². The van der Waals surface area contributed by atoms with Gasteiger partial charge in [0.05, 0.1) is 4.90 Å². The summed E-state index contributed by atoms with van der Waals surface area (Å²) in [7, 11) is -1.55. The van der Waals surface area contributed by atoms with Crippen molar-refractivity contribution in [2.24, 2.45) is 0 Å². The molecule has 6 nitrogen and oxygen atoms in total. The number of piperidine rings is 1. The van der Waals surface area contributed by atoms with Gasteiger partial charge in [-0.1, -0.05) is 0 Å². The number of sulfonamides is 1. The SMILES string of the molecule is CNC1CCN(S(=O)(=O)c2ccc(NC(C)=O)cc2)CC1. The fourth-order valence-corrected chi connectivity index (χ4v) is 3.92. The largest absolute Gasteiger partial charge is 0.326 e. The van der Waals surface area contributed by atoms with Crippen LogP contribution in [0.25, 0.3) is 0 Å². The number of nitrogens with zero attached hydrogens (tertiary/aromatic N) is 1. The Labute approximate surface area is 125 Å². The zero-order valence-electron chi connectivity index (χ0n) is 12.3. The molecule has 0 spiro atoms. The lowest BCUT2D eigenvalue weighted by molar-refractivity contribution is -0.114. The summed E-state index contributed by atoms with van der Waals surface area (Å²) in [5, 5.41) is 5.80. The van der Waals surface area contributed by atoms with Gasteiger partial charge in [-0.3, -0.25) is 4.79 Å². The first-order valence-corrected chi connectivity index (χ1v) is 8.42. The van der Waals surface area contributed by atoms with Crippen molar-refractivity contribution in [1.82, 2.24) is 9.62 Å². The summed E-state index contributed by atoms with van der Waals surface area (Å²) in [5.41, 5.74) is 0.593. The quantitative estimate of drug-likeness (QED) is 0.870. The Morgan fingerprint density at radius 1 is 1.19 bits per heavy atom. The average molecular weight is 311 g/mol. The molecule has 1 aliphatic heterocycles. The number of nitrogens with one attached hydrogen (secondary N) is 2. The number of rotatable bonds is 4. The summed E-state index contributed by atoms with van der Waals surface area (Å²) < 4.78 is 26.6. The van der Waals surface area contributed by atoms with Crippen LogP contribution in [0.15, 0.2) is 29.2 Å². The van der Waals surface area contributed by atoms with Crippen molar-refractivity contribution in [3.63, 3.8) is 0 Å². The van der Waals surface area contributed by atoms with E-state index in [2.05, 4.69) is 10.6 Å². The number of benzene rings is 1. The molecule has 0 atom stereocenters. The summed E-state index contributed by atoms with van der Waals surface area (Å²) in [6.07, 6.45) is 1.64. The Morgan fingerprint density at radius 2 is 1.76 bits per heavy atom. The van der Waals surface area contributed by atoms with Gasteiger partial charge < -0.3 is 10.6 Å². The normalized spacial score (nSPS) is 17.6. The number of hydrogen-bond acceptors (Lipinski definition) is 4. The first-order valence-electron chi connectivity index (χ1n) is 6.98. The van der Waals surface area contributed by atoms with Gasteiger partial charge in [-0.25, -0.2) is 8.42 Å². The molecule has 0 aliphatic carbocycles. The predicted molar refractivity (Wildman–Crippen MR) is 81.6 cm³/mol. The molecule has 1 fully saturated rings. The maximum absolute atomic E-state index is 12.5. The van der Waals surface area contributed by atoms with Crippen molar-refractivity contribution in [3.8, 4) is 0 Å². The van der Waals surface area contributed by atoms with Crippen LogP contribution >= 0.6 is 0 Å². The van der Waals surface area contributed by atoms with Crippen LogP contribution in [0.1, 0.15) is 19.8 Å². The van der Waals surface area contributed by atoms with E-state index in [-0.39, 0.29) is 10.8 Å². The fourth-order valence-electron chi connectivity index (χ4n) is 2.45. The third-order valence-corrected chi connectivity index (χ3v) is 5.59. The summed E-state index contributed by atoms with van der Waals surface area (Å²) in [6, 6.07) is 6.66. The highest BCUT2D eigenvalue weighted by atomic mass is 32.2. The van der Waals surface area contributed by atoms with E-state index in [0.717, 1.165) is 12.8 Å². The van der Waals surface area contributed by atoms with E-state index in [0.29, 0.717) is 24.8 Å². The molecular weight excluding hydrogens is 290 g/mol. The van der Waals surface area contributed by atoms with Crippen molar-refractivity contribution in [2.75, 3.05) is 25.5 Å². The minimum Gasteiger partial charge on any atom is -0.326 e. The fraction of sp³-hybridized carbons (Fsp3) is 0.500. The molecule has 0 unspecified atom stereocenters. The minimum atomic E-state index is -3.45. The average Bonchev–Trinajstić information content (AvgIpc) is 2.47. The van der Waals surface area contributed by atoms with Gasteiger partial charge in [-0.15, -0.1) is 0 Å². The molecule has 0 radical (unpaired) electrons. The Hall–Kier alpha value is -1.44. The Bertz CT molecular complexity index is 590. The molecule has 1 aromatic rings. The van der Waals surface area contributed by atoms with E-state index in [4.69, 9.17) is 0 Å². The second-order valence-electron chi connectivity index (χ2n) is 5.17. The van der Waals surface area contributed by atoms with E-state index in [1.807, 2.05) is 7.05 Å². The van der Waals surface area contributed by atoms with Gasteiger partial charge in [0, 0.05) is 31.7 Å². The first-order chi connectivity index (χ1) is 9.93. The van der Waals surface area contributed by atoms with E-state index < -0.39 is 10.0 Å². The summed E-state index contributed by atoms with van der Waals surface area (Å²) in [4.78, 5) is 11.2. The minimum absolute atomic E-state index is 0.181. The highest BCUT2D eigenvalue weighted by Gasteiger charge is 2.28. The van der Waals surface area contributed by atoms with Gasteiger partial charge in [0.25, 0.3) is 0 Å². The molecule has 1 heterocycles. The number of anilines is 1. The number of carbonyl (C=O) groups excluding carboxylic acids is 1. The smallest absolute Gasteiger partial charge is 0.243 e. The maximum atomic E-state index is 12.5. The van der Waals surface area contributed by atoms with Crippen molar-refractivity contribution in [1.29, 1.82) is 0 Å². The van der Waals surface area contributed by atoms with Crippen molar-refractivity contribution in [3.05, 3.63) is 24.3 Å².